The third kappa shape index (κ3) is 4.88. The van der Waals surface area contributed by atoms with Crippen LogP contribution in [0.3, 0.4) is 0 Å². The lowest BCUT2D eigenvalue weighted by atomic mass is 10.0. The fourth-order valence-corrected chi connectivity index (χ4v) is 2.19. The van der Waals surface area contributed by atoms with Gasteiger partial charge in [-0.1, -0.05) is 48.5 Å². The number of carbonyl (C=O) groups is 2. The highest BCUT2D eigenvalue weighted by atomic mass is 16.2. The molecule has 0 radical (unpaired) electrons. The van der Waals surface area contributed by atoms with Crippen LogP contribution >= 0.6 is 0 Å². The molecule has 0 saturated carbocycles. The Labute approximate surface area is 125 Å². The summed E-state index contributed by atoms with van der Waals surface area (Å²) in [5, 5.41) is 2.76. The van der Waals surface area contributed by atoms with Crippen molar-refractivity contribution in [2.24, 2.45) is 0 Å². The van der Waals surface area contributed by atoms with E-state index in [1.54, 1.807) is 24.3 Å². The molecule has 0 fully saturated rings. The number of hydrogen-bond donors (Lipinski definition) is 1. The molecule has 3 heteroatoms. The third-order valence-corrected chi connectivity index (χ3v) is 3.34. The minimum Gasteiger partial charge on any atom is -0.343 e. The Morgan fingerprint density at radius 2 is 1.62 bits per heavy atom. The minimum atomic E-state index is -0.429. The molecule has 2 rings (SSSR count). The van der Waals surface area contributed by atoms with Gasteiger partial charge in [0.05, 0.1) is 6.04 Å². The number of aldehydes is 1. The Kier molecular flexibility index (Phi) is 5.71. The summed E-state index contributed by atoms with van der Waals surface area (Å²) >= 11 is 0. The first-order chi connectivity index (χ1) is 10.3. The van der Waals surface area contributed by atoms with Crippen LogP contribution in [0.15, 0.2) is 60.7 Å². The van der Waals surface area contributed by atoms with Crippen molar-refractivity contribution in [2.45, 2.75) is 25.3 Å². The van der Waals surface area contributed by atoms with Crippen molar-refractivity contribution >= 4 is 12.2 Å². The number of benzene rings is 2. The maximum atomic E-state index is 12.0. The standard InChI is InChI=1S/C18H19NO2/c20-14-17(13-7-10-15-8-3-1-4-9-15)19-18(21)16-11-5-2-6-12-16/h1-6,8-9,11-12,14,17H,7,10,13H2,(H,19,21)/t17-/m1/s1. The van der Waals surface area contributed by atoms with Gasteiger partial charge in [0.2, 0.25) is 0 Å². The van der Waals surface area contributed by atoms with Crippen LogP contribution in [-0.2, 0) is 11.2 Å². The van der Waals surface area contributed by atoms with Gasteiger partial charge < -0.3 is 10.1 Å². The van der Waals surface area contributed by atoms with Crippen molar-refractivity contribution < 1.29 is 9.59 Å². The van der Waals surface area contributed by atoms with E-state index in [9.17, 15) is 9.59 Å². The number of amides is 1. The quantitative estimate of drug-likeness (QED) is 0.793. The molecule has 0 aromatic heterocycles. The second-order valence-electron chi connectivity index (χ2n) is 4.96. The predicted molar refractivity (Wildman–Crippen MR) is 83.1 cm³/mol. The average molecular weight is 281 g/mol. The van der Waals surface area contributed by atoms with Gasteiger partial charge in [0, 0.05) is 5.56 Å². The van der Waals surface area contributed by atoms with Crippen LogP contribution in [-0.4, -0.2) is 18.2 Å². The van der Waals surface area contributed by atoms with Crippen LogP contribution in [0.25, 0.3) is 0 Å². The molecule has 2 aromatic rings. The summed E-state index contributed by atoms with van der Waals surface area (Å²) in [6.45, 7) is 0. The van der Waals surface area contributed by atoms with E-state index in [4.69, 9.17) is 0 Å². The Morgan fingerprint density at radius 1 is 1.00 bits per heavy atom. The smallest absolute Gasteiger partial charge is 0.251 e. The van der Waals surface area contributed by atoms with Crippen LogP contribution in [0.2, 0.25) is 0 Å². The largest absolute Gasteiger partial charge is 0.343 e. The van der Waals surface area contributed by atoms with E-state index in [2.05, 4.69) is 17.4 Å². The highest BCUT2D eigenvalue weighted by Crippen LogP contribution is 2.07. The van der Waals surface area contributed by atoms with E-state index < -0.39 is 6.04 Å². The molecule has 21 heavy (non-hydrogen) atoms. The Hall–Kier alpha value is -2.42. The summed E-state index contributed by atoms with van der Waals surface area (Å²) in [5.41, 5.74) is 1.82. The Morgan fingerprint density at radius 3 is 2.24 bits per heavy atom. The van der Waals surface area contributed by atoms with Gasteiger partial charge in [0.25, 0.3) is 5.91 Å². The second kappa shape index (κ2) is 8.00. The molecule has 1 N–H and O–H groups in total. The average Bonchev–Trinajstić information content (AvgIpc) is 2.55. The zero-order chi connectivity index (χ0) is 14.9. The lowest BCUT2D eigenvalue weighted by molar-refractivity contribution is -0.109. The van der Waals surface area contributed by atoms with E-state index in [0.29, 0.717) is 12.0 Å². The molecule has 0 unspecified atom stereocenters. The zero-order valence-corrected chi connectivity index (χ0v) is 11.9. The number of nitrogens with one attached hydrogen (secondary N) is 1. The van der Waals surface area contributed by atoms with Gasteiger partial charge in [-0.15, -0.1) is 0 Å². The first-order valence-electron chi connectivity index (χ1n) is 7.15. The summed E-state index contributed by atoms with van der Waals surface area (Å²) in [7, 11) is 0. The van der Waals surface area contributed by atoms with E-state index in [1.807, 2.05) is 24.3 Å². The van der Waals surface area contributed by atoms with E-state index >= 15 is 0 Å². The van der Waals surface area contributed by atoms with Crippen LogP contribution in [0, 0.1) is 0 Å². The molecule has 2 aromatic carbocycles. The molecule has 0 saturated heterocycles. The van der Waals surface area contributed by atoms with Crippen LogP contribution in [0.5, 0.6) is 0 Å². The molecule has 1 amide bonds. The van der Waals surface area contributed by atoms with Crippen LogP contribution < -0.4 is 5.32 Å². The molecular formula is C18H19NO2. The number of rotatable bonds is 7. The maximum absolute atomic E-state index is 12.0. The minimum absolute atomic E-state index is 0.201. The summed E-state index contributed by atoms with van der Waals surface area (Å²) in [6, 6.07) is 18.6. The fraction of sp³-hybridized carbons (Fsp3) is 0.222. The third-order valence-electron chi connectivity index (χ3n) is 3.34. The number of hydrogen-bond acceptors (Lipinski definition) is 2. The number of carbonyl (C=O) groups excluding carboxylic acids is 2. The van der Waals surface area contributed by atoms with E-state index in [0.717, 1.165) is 19.1 Å². The molecule has 0 aliphatic carbocycles. The molecule has 108 valence electrons. The van der Waals surface area contributed by atoms with Gasteiger partial charge >= 0.3 is 0 Å². The monoisotopic (exact) mass is 281 g/mol. The highest BCUT2D eigenvalue weighted by molar-refractivity contribution is 5.95. The van der Waals surface area contributed by atoms with Gasteiger partial charge in [-0.2, -0.15) is 0 Å². The zero-order valence-electron chi connectivity index (χ0n) is 11.9. The summed E-state index contributed by atoms with van der Waals surface area (Å²) in [6.07, 6.45) is 3.23. The molecule has 0 aliphatic heterocycles. The Balaban J connectivity index is 1.81. The molecule has 0 heterocycles. The Bertz CT molecular complexity index is 566. The summed E-state index contributed by atoms with van der Waals surface area (Å²) in [5.74, 6) is -0.201. The van der Waals surface area contributed by atoms with Crippen molar-refractivity contribution in [1.29, 1.82) is 0 Å². The topological polar surface area (TPSA) is 46.2 Å². The van der Waals surface area contributed by atoms with Crippen molar-refractivity contribution in [3.63, 3.8) is 0 Å². The van der Waals surface area contributed by atoms with Crippen LogP contribution in [0.4, 0.5) is 0 Å². The maximum Gasteiger partial charge on any atom is 0.251 e. The molecular weight excluding hydrogens is 262 g/mol. The normalized spacial score (nSPS) is 11.6. The fourth-order valence-electron chi connectivity index (χ4n) is 2.19. The van der Waals surface area contributed by atoms with Gasteiger partial charge in [0.15, 0.2) is 0 Å². The van der Waals surface area contributed by atoms with Crippen molar-refractivity contribution in [1.82, 2.24) is 5.32 Å². The van der Waals surface area contributed by atoms with Gasteiger partial charge in [-0.25, -0.2) is 0 Å². The molecule has 1 atom stereocenters. The summed E-state index contributed by atoms with van der Waals surface area (Å²) < 4.78 is 0. The summed E-state index contributed by atoms with van der Waals surface area (Å²) in [4.78, 5) is 23.1. The molecule has 3 nitrogen and oxygen atoms in total. The van der Waals surface area contributed by atoms with E-state index in [-0.39, 0.29) is 5.91 Å². The first-order valence-corrected chi connectivity index (χ1v) is 7.15. The lowest BCUT2D eigenvalue weighted by Gasteiger charge is -2.12. The predicted octanol–water partition coefficient (Wildman–Crippen LogP) is 3.01. The molecule has 0 bridgehead atoms. The van der Waals surface area contributed by atoms with Crippen molar-refractivity contribution in [3.05, 3.63) is 71.8 Å². The van der Waals surface area contributed by atoms with Crippen molar-refractivity contribution in [3.8, 4) is 0 Å². The SMILES string of the molecule is O=C[C@@H](CCCc1ccccc1)NC(=O)c1ccccc1. The molecule has 0 spiro atoms. The second-order valence-corrected chi connectivity index (χ2v) is 4.96. The molecule has 0 aliphatic rings. The van der Waals surface area contributed by atoms with Crippen molar-refractivity contribution in [2.75, 3.05) is 0 Å². The lowest BCUT2D eigenvalue weighted by Crippen LogP contribution is -2.36. The van der Waals surface area contributed by atoms with Crippen LogP contribution in [0.1, 0.15) is 28.8 Å². The van der Waals surface area contributed by atoms with Gasteiger partial charge in [-0.05, 0) is 37.0 Å². The number of aryl methyl sites for hydroxylation is 1. The first kappa shape index (κ1) is 15.0. The van der Waals surface area contributed by atoms with E-state index in [1.165, 1.54) is 5.56 Å². The van der Waals surface area contributed by atoms with Gasteiger partial charge in [-0.3, -0.25) is 4.79 Å². The van der Waals surface area contributed by atoms with Gasteiger partial charge in [0.1, 0.15) is 6.29 Å². The highest BCUT2D eigenvalue weighted by Gasteiger charge is 2.12.